The molecule has 1 heterocycles. The van der Waals surface area contributed by atoms with Crippen molar-refractivity contribution < 1.29 is 9.59 Å². The number of nitrogens with two attached hydrogens (primary N) is 1. The molecule has 1 aromatic rings. The lowest BCUT2D eigenvalue weighted by Crippen LogP contribution is -2.22. The van der Waals surface area contributed by atoms with Crippen LogP contribution in [0.15, 0.2) is 18.3 Å². The molecule has 5 nitrogen and oxygen atoms in total. The van der Waals surface area contributed by atoms with Crippen LogP contribution >= 0.6 is 0 Å². The van der Waals surface area contributed by atoms with Gasteiger partial charge >= 0.3 is 0 Å². The van der Waals surface area contributed by atoms with Crippen molar-refractivity contribution in [2.75, 3.05) is 6.54 Å². The number of carbonyl (C=O) groups is 2. The molecule has 5 heteroatoms. The Morgan fingerprint density at radius 1 is 1.47 bits per heavy atom. The molecule has 1 aromatic heterocycles. The third kappa shape index (κ3) is 3.76. The van der Waals surface area contributed by atoms with Crippen molar-refractivity contribution in [3.8, 4) is 0 Å². The summed E-state index contributed by atoms with van der Waals surface area (Å²) in [6.07, 6.45) is 2.07. The molecule has 1 rings (SSSR count). The summed E-state index contributed by atoms with van der Waals surface area (Å²) < 4.78 is 0. The summed E-state index contributed by atoms with van der Waals surface area (Å²) >= 11 is 0. The first kappa shape index (κ1) is 11.2. The Labute approximate surface area is 87.7 Å². The van der Waals surface area contributed by atoms with Crippen molar-refractivity contribution in [1.29, 1.82) is 0 Å². The number of aromatic nitrogens is 1. The van der Waals surface area contributed by atoms with E-state index in [9.17, 15) is 9.59 Å². The standard InChI is InChI=1S/C10H13N3O2/c1-7(14)12-5-4-9-3-2-8(6-13-9)10(11)15/h2-3,6H,4-5H2,1H3,(H2,11,15)(H,12,14). The molecular weight excluding hydrogens is 194 g/mol. The second-order valence-electron chi connectivity index (χ2n) is 3.14. The summed E-state index contributed by atoms with van der Waals surface area (Å²) in [5.41, 5.74) is 6.27. The van der Waals surface area contributed by atoms with Crippen LogP contribution in [0.25, 0.3) is 0 Å². The Morgan fingerprint density at radius 3 is 2.67 bits per heavy atom. The maximum absolute atomic E-state index is 10.7. The third-order valence-corrected chi connectivity index (χ3v) is 1.86. The molecule has 0 atom stereocenters. The number of nitrogens with one attached hydrogen (secondary N) is 1. The molecule has 3 N–H and O–H groups in total. The maximum atomic E-state index is 10.7. The van der Waals surface area contributed by atoms with Gasteiger partial charge in [-0.3, -0.25) is 14.6 Å². The highest BCUT2D eigenvalue weighted by molar-refractivity contribution is 5.92. The summed E-state index contributed by atoms with van der Waals surface area (Å²) in [6.45, 7) is 2.00. The van der Waals surface area contributed by atoms with Crippen molar-refractivity contribution in [2.45, 2.75) is 13.3 Å². The second-order valence-corrected chi connectivity index (χ2v) is 3.14. The fourth-order valence-electron chi connectivity index (χ4n) is 1.08. The average Bonchev–Trinajstić information content (AvgIpc) is 2.18. The van der Waals surface area contributed by atoms with Crippen LogP contribution in [0.4, 0.5) is 0 Å². The summed E-state index contributed by atoms with van der Waals surface area (Å²) in [5.74, 6) is -0.556. The lowest BCUT2D eigenvalue weighted by Gasteiger charge is -2.02. The normalized spacial score (nSPS) is 9.67. The van der Waals surface area contributed by atoms with Gasteiger partial charge in [-0.1, -0.05) is 0 Å². The zero-order chi connectivity index (χ0) is 11.3. The molecule has 80 valence electrons. The average molecular weight is 207 g/mol. The molecule has 0 saturated heterocycles. The fourth-order valence-corrected chi connectivity index (χ4v) is 1.08. The number of primary amides is 1. The van der Waals surface area contributed by atoms with E-state index in [4.69, 9.17) is 5.73 Å². The molecule has 0 fully saturated rings. The van der Waals surface area contributed by atoms with Gasteiger partial charge in [-0.05, 0) is 12.1 Å². The highest BCUT2D eigenvalue weighted by atomic mass is 16.1. The molecule has 0 bridgehead atoms. The molecule has 0 spiro atoms. The Bertz CT molecular complexity index is 359. The van der Waals surface area contributed by atoms with Gasteiger partial charge in [0.2, 0.25) is 11.8 Å². The number of rotatable bonds is 4. The van der Waals surface area contributed by atoms with Crippen molar-refractivity contribution in [3.63, 3.8) is 0 Å². The minimum Gasteiger partial charge on any atom is -0.366 e. The Hall–Kier alpha value is -1.91. The smallest absolute Gasteiger partial charge is 0.250 e. The van der Waals surface area contributed by atoms with Crippen molar-refractivity contribution in [1.82, 2.24) is 10.3 Å². The van der Waals surface area contributed by atoms with Crippen LogP contribution in [0.2, 0.25) is 0 Å². The van der Waals surface area contributed by atoms with Crippen molar-refractivity contribution >= 4 is 11.8 Å². The van der Waals surface area contributed by atoms with Crippen molar-refractivity contribution in [3.05, 3.63) is 29.6 Å². The molecule has 0 aliphatic rings. The largest absolute Gasteiger partial charge is 0.366 e. The van der Waals surface area contributed by atoms with Crippen molar-refractivity contribution in [2.24, 2.45) is 5.73 Å². The number of hydrogen-bond donors (Lipinski definition) is 2. The molecule has 0 aliphatic heterocycles. The first-order chi connectivity index (χ1) is 7.09. The predicted molar refractivity (Wildman–Crippen MR) is 55.1 cm³/mol. The SMILES string of the molecule is CC(=O)NCCc1ccc(C(N)=O)cn1. The van der Waals surface area contributed by atoms with E-state index in [1.54, 1.807) is 12.1 Å². The van der Waals surface area contributed by atoms with Gasteiger partial charge < -0.3 is 11.1 Å². The van der Waals surface area contributed by atoms with E-state index in [1.165, 1.54) is 13.1 Å². The van der Waals surface area contributed by atoms with Gasteiger partial charge in [-0.15, -0.1) is 0 Å². The van der Waals surface area contributed by atoms with E-state index in [2.05, 4.69) is 10.3 Å². The molecule has 0 saturated carbocycles. The monoisotopic (exact) mass is 207 g/mol. The van der Waals surface area contributed by atoms with Gasteiger partial charge in [0.15, 0.2) is 0 Å². The van der Waals surface area contributed by atoms with E-state index in [1.807, 2.05) is 0 Å². The van der Waals surface area contributed by atoms with Crippen LogP contribution in [-0.2, 0) is 11.2 Å². The first-order valence-electron chi connectivity index (χ1n) is 4.59. The van der Waals surface area contributed by atoms with Gasteiger partial charge in [0.1, 0.15) is 0 Å². The summed E-state index contributed by atoms with van der Waals surface area (Å²) in [4.78, 5) is 25.4. The van der Waals surface area contributed by atoms with E-state index in [0.29, 0.717) is 18.5 Å². The van der Waals surface area contributed by atoms with E-state index in [-0.39, 0.29) is 5.91 Å². The van der Waals surface area contributed by atoms with Crippen LogP contribution in [0.3, 0.4) is 0 Å². The van der Waals surface area contributed by atoms with Crippen LogP contribution in [0, 0.1) is 0 Å². The number of pyridine rings is 1. The van der Waals surface area contributed by atoms with Gasteiger partial charge in [0.05, 0.1) is 5.56 Å². The highest BCUT2D eigenvalue weighted by Gasteiger charge is 2.00. The third-order valence-electron chi connectivity index (χ3n) is 1.86. The minimum atomic E-state index is -0.490. The van der Waals surface area contributed by atoms with Crippen LogP contribution in [-0.4, -0.2) is 23.3 Å². The summed E-state index contributed by atoms with van der Waals surface area (Å²) in [7, 11) is 0. The first-order valence-corrected chi connectivity index (χ1v) is 4.59. The summed E-state index contributed by atoms with van der Waals surface area (Å²) in [6, 6.07) is 3.35. The number of nitrogens with zero attached hydrogens (tertiary/aromatic N) is 1. The number of hydrogen-bond acceptors (Lipinski definition) is 3. The van der Waals surface area contributed by atoms with Gasteiger partial charge in [0, 0.05) is 31.8 Å². The Kier molecular flexibility index (Phi) is 3.79. The molecule has 0 aliphatic carbocycles. The van der Waals surface area contributed by atoms with E-state index in [0.717, 1.165) is 5.69 Å². The molecule has 15 heavy (non-hydrogen) atoms. The maximum Gasteiger partial charge on any atom is 0.250 e. The molecule has 2 amide bonds. The van der Waals surface area contributed by atoms with Gasteiger partial charge in [-0.2, -0.15) is 0 Å². The zero-order valence-corrected chi connectivity index (χ0v) is 8.49. The topological polar surface area (TPSA) is 85.1 Å². The fraction of sp³-hybridized carbons (Fsp3) is 0.300. The molecule has 0 unspecified atom stereocenters. The summed E-state index contributed by atoms with van der Waals surface area (Å²) in [5, 5.41) is 2.66. The number of amides is 2. The lowest BCUT2D eigenvalue weighted by atomic mass is 10.2. The van der Waals surface area contributed by atoms with E-state index >= 15 is 0 Å². The quantitative estimate of drug-likeness (QED) is 0.720. The van der Waals surface area contributed by atoms with E-state index < -0.39 is 5.91 Å². The highest BCUT2D eigenvalue weighted by Crippen LogP contribution is 1.99. The Balaban J connectivity index is 2.50. The van der Waals surface area contributed by atoms with Crippen LogP contribution in [0.5, 0.6) is 0 Å². The zero-order valence-electron chi connectivity index (χ0n) is 8.49. The van der Waals surface area contributed by atoms with Gasteiger partial charge in [0.25, 0.3) is 0 Å². The molecule has 0 aromatic carbocycles. The van der Waals surface area contributed by atoms with Gasteiger partial charge in [-0.25, -0.2) is 0 Å². The molecule has 0 radical (unpaired) electrons. The predicted octanol–water partition coefficient (Wildman–Crippen LogP) is -0.141. The van der Waals surface area contributed by atoms with Crippen LogP contribution < -0.4 is 11.1 Å². The minimum absolute atomic E-state index is 0.0660. The van der Waals surface area contributed by atoms with Crippen LogP contribution in [0.1, 0.15) is 23.0 Å². The second kappa shape index (κ2) is 5.09. The number of carbonyl (C=O) groups excluding carboxylic acids is 2. The molecular formula is C10H13N3O2. The lowest BCUT2D eigenvalue weighted by molar-refractivity contribution is -0.118. The Morgan fingerprint density at radius 2 is 2.20 bits per heavy atom.